The van der Waals surface area contributed by atoms with Gasteiger partial charge < -0.3 is 19.1 Å². The summed E-state index contributed by atoms with van der Waals surface area (Å²) in [6.45, 7) is 3.76. The summed E-state index contributed by atoms with van der Waals surface area (Å²) in [6.07, 6.45) is 7.73. The van der Waals surface area contributed by atoms with Gasteiger partial charge in [0.15, 0.2) is 0 Å². The molecule has 0 amide bonds. The van der Waals surface area contributed by atoms with Crippen molar-refractivity contribution >= 4 is 5.69 Å². The fraction of sp³-hybridized carbons (Fsp3) is 0.526. The van der Waals surface area contributed by atoms with E-state index < -0.39 is 0 Å². The summed E-state index contributed by atoms with van der Waals surface area (Å²) >= 11 is 0. The highest BCUT2D eigenvalue weighted by Crippen LogP contribution is 2.33. The molecule has 7 nitrogen and oxygen atoms in total. The number of methoxy groups -OCH3 is 1. The Balaban J connectivity index is 1.69. The van der Waals surface area contributed by atoms with Crippen molar-refractivity contribution in [3.05, 3.63) is 36.0 Å². The minimum Gasteiger partial charge on any atom is -0.480 e. The standard InChI is InChI=1S/C19H26N6O/c1-23(2)12-13-25-11-8-21-18(25)15-5-9-24(10-6-15)17-4-7-22-19(26-3)16(17)14-20/h4,7-8,11,15H,5-6,9-10,12-13H2,1-3H3. The summed E-state index contributed by atoms with van der Waals surface area (Å²) in [7, 11) is 5.72. The van der Waals surface area contributed by atoms with Crippen molar-refractivity contribution in [1.29, 1.82) is 5.26 Å². The molecule has 0 saturated carbocycles. The van der Waals surface area contributed by atoms with Crippen LogP contribution in [0.1, 0.15) is 30.1 Å². The molecule has 0 aliphatic carbocycles. The summed E-state index contributed by atoms with van der Waals surface area (Å²) in [5.74, 6) is 2.03. The first-order valence-corrected chi connectivity index (χ1v) is 8.97. The fourth-order valence-electron chi connectivity index (χ4n) is 3.51. The zero-order chi connectivity index (χ0) is 18.5. The maximum atomic E-state index is 9.49. The van der Waals surface area contributed by atoms with Gasteiger partial charge >= 0.3 is 0 Å². The molecule has 2 aromatic rings. The number of imidazole rings is 1. The van der Waals surface area contributed by atoms with Crippen molar-refractivity contribution in [1.82, 2.24) is 19.4 Å². The molecule has 0 N–H and O–H groups in total. The Kier molecular flexibility index (Phi) is 5.74. The molecule has 7 heteroatoms. The molecule has 1 aliphatic rings. The number of likely N-dealkylation sites (N-methyl/N-ethyl adjacent to an activating group) is 1. The molecule has 1 aliphatic heterocycles. The van der Waals surface area contributed by atoms with Crippen molar-refractivity contribution in [3.63, 3.8) is 0 Å². The zero-order valence-electron chi connectivity index (χ0n) is 15.7. The number of rotatable bonds is 6. The molecular formula is C19H26N6O. The molecule has 0 aromatic carbocycles. The minimum atomic E-state index is 0.395. The topological polar surface area (TPSA) is 70.2 Å². The summed E-state index contributed by atoms with van der Waals surface area (Å²) in [5.41, 5.74) is 1.43. The summed E-state index contributed by atoms with van der Waals surface area (Å²) < 4.78 is 7.51. The number of hydrogen-bond donors (Lipinski definition) is 0. The highest BCUT2D eigenvalue weighted by atomic mass is 16.5. The Hall–Kier alpha value is -2.59. The van der Waals surface area contributed by atoms with Crippen LogP contribution >= 0.6 is 0 Å². The van der Waals surface area contributed by atoms with Crippen LogP contribution in [0.3, 0.4) is 0 Å². The Morgan fingerprint density at radius 1 is 1.27 bits per heavy atom. The average Bonchev–Trinajstić information content (AvgIpc) is 3.14. The Morgan fingerprint density at radius 2 is 2.04 bits per heavy atom. The van der Waals surface area contributed by atoms with Crippen molar-refractivity contribution in [2.24, 2.45) is 0 Å². The second kappa shape index (κ2) is 8.19. The maximum absolute atomic E-state index is 9.49. The molecule has 1 saturated heterocycles. The first kappa shape index (κ1) is 18.2. The molecular weight excluding hydrogens is 328 g/mol. The van der Waals surface area contributed by atoms with Gasteiger partial charge in [-0.05, 0) is 33.0 Å². The first-order valence-electron chi connectivity index (χ1n) is 8.97. The van der Waals surface area contributed by atoms with Gasteiger partial charge in [0.25, 0.3) is 0 Å². The van der Waals surface area contributed by atoms with Crippen LogP contribution < -0.4 is 9.64 Å². The molecule has 0 spiro atoms. The maximum Gasteiger partial charge on any atom is 0.233 e. The van der Waals surface area contributed by atoms with E-state index in [-0.39, 0.29) is 0 Å². The van der Waals surface area contributed by atoms with Crippen LogP contribution in [0.15, 0.2) is 24.7 Å². The van der Waals surface area contributed by atoms with Gasteiger partial charge in [0.05, 0.1) is 12.8 Å². The molecule has 138 valence electrons. The van der Waals surface area contributed by atoms with E-state index in [2.05, 4.69) is 50.7 Å². The number of pyridine rings is 1. The fourth-order valence-corrected chi connectivity index (χ4v) is 3.51. The lowest BCUT2D eigenvalue weighted by Crippen LogP contribution is -2.34. The van der Waals surface area contributed by atoms with E-state index >= 15 is 0 Å². The van der Waals surface area contributed by atoms with E-state index in [9.17, 15) is 5.26 Å². The van der Waals surface area contributed by atoms with Gasteiger partial charge in [0.2, 0.25) is 5.88 Å². The average molecular weight is 354 g/mol. The molecule has 0 unspecified atom stereocenters. The lowest BCUT2D eigenvalue weighted by atomic mass is 9.95. The zero-order valence-corrected chi connectivity index (χ0v) is 15.7. The first-order chi connectivity index (χ1) is 12.6. The van der Waals surface area contributed by atoms with Gasteiger partial charge in [-0.2, -0.15) is 5.26 Å². The number of nitriles is 1. The monoisotopic (exact) mass is 354 g/mol. The molecule has 0 atom stereocenters. The largest absolute Gasteiger partial charge is 0.480 e. The van der Waals surface area contributed by atoms with Crippen LogP contribution in [0.5, 0.6) is 5.88 Å². The second-order valence-electron chi connectivity index (χ2n) is 6.87. The van der Waals surface area contributed by atoms with Gasteiger partial charge in [-0.25, -0.2) is 9.97 Å². The quantitative estimate of drug-likeness (QED) is 0.791. The Morgan fingerprint density at radius 3 is 2.69 bits per heavy atom. The van der Waals surface area contributed by atoms with Gasteiger partial charge in [-0.15, -0.1) is 0 Å². The Bertz CT molecular complexity index is 771. The number of hydrogen-bond acceptors (Lipinski definition) is 6. The van der Waals surface area contributed by atoms with Gasteiger partial charge in [0.1, 0.15) is 17.5 Å². The number of anilines is 1. The normalized spacial score (nSPS) is 15.3. The third-order valence-electron chi connectivity index (χ3n) is 4.94. The number of piperidine rings is 1. The van der Waals surface area contributed by atoms with E-state index in [0.717, 1.165) is 44.7 Å². The van der Waals surface area contributed by atoms with Crippen molar-refractivity contribution in [2.75, 3.05) is 45.7 Å². The van der Waals surface area contributed by atoms with E-state index in [1.165, 1.54) is 5.82 Å². The summed E-state index contributed by atoms with van der Waals surface area (Å²) in [5, 5.41) is 9.49. The van der Waals surface area contributed by atoms with Crippen molar-refractivity contribution < 1.29 is 4.74 Å². The number of nitrogens with zero attached hydrogens (tertiary/aromatic N) is 6. The van der Waals surface area contributed by atoms with Crippen LogP contribution in [0.2, 0.25) is 0 Å². The van der Waals surface area contributed by atoms with Gasteiger partial charge in [-0.1, -0.05) is 0 Å². The third kappa shape index (κ3) is 3.81. The van der Waals surface area contributed by atoms with Gasteiger partial charge in [0, 0.05) is 50.7 Å². The molecule has 1 fully saturated rings. The summed E-state index contributed by atoms with van der Waals surface area (Å²) in [6, 6.07) is 4.14. The predicted molar refractivity (Wildman–Crippen MR) is 100 cm³/mol. The second-order valence-corrected chi connectivity index (χ2v) is 6.87. The van der Waals surface area contributed by atoms with Crippen molar-refractivity contribution in [2.45, 2.75) is 25.3 Å². The number of ether oxygens (including phenoxy) is 1. The lowest BCUT2D eigenvalue weighted by molar-refractivity contribution is 0.372. The smallest absolute Gasteiger partial charge is 0.233 e. The van der Waals surface area contributed by atoms with Crippen molar-refractivity contribution in [3.8, 4) is 11.9 Å². The minimum absolute atomic E-state index is 0.395. The SMILES string of the molecule is COc1nccc(N2CCC(c3nccn3CCN(C)C)CC2)c1C#N. The van der Waals surface area contributed by atoms with Crippen LogP contribution in [-0.2, 0) is 6.54 Å². The molecule has 26 heavy (non-hydrogen) atoms. The predicted octanol–water partition coefficient (Wildman–Crippen LogP) is 2.10. The van der Waals surface area contributed by atoms with E-state index in [0.29, 0.717) is 17.4 Å². The van der Waals surface area contributed by atoms with Crippen LogP contribution in [-0.4, -0.2) is 60.3 Å². The third-order valence-corrected chi connectivity index (χ3v) is 4.94. The Labute approximate surface area is 154 Å². The van der Waals surface area contributed by atoms with Gasteiger partial charge in [-0.3, -0.25) is 0 Å². The summed E-state index contributed by atoms with van der Waals surface area (Å²) in [4.78, 5) is 13.2. The molecule has 2 aromatic heterocycles. The van der Waals surface area contributed by atoms with E-state index in [4.69, 9.17) is 4.74 Å². The molecule has 3 rings (SSSR count). The molecule has 0 radical (unpaired) electrons. The highest BCUT2D eigenvalue weighted by Gasteiger charge is 2.26. The van der Waals surface area contributed by atoms with Crippen LogP contribution in [0.4, 0.5) is 5.69 Å². The van der Waals surface area contributed by atoms with Crippen LogP contribution in [0.25, 0.3) is 0 Å². The lowest BCUT2D eigenvalue weighted by Gasteiger charge is -2.34. The van der Waals surface area contributed by atoms with Crippen LogP contribution in [0, 0.1) is 11.3 Å². The number of aromatic nitrogens is 3. The highest BCUT2D eigenvalue weighted by molar-refractivity contribution is 5.63. The van der Waals surface area contributed by atoms with E-state index in [1.807, 2.05) is 12.3 Å². The van der Waals surface area contributed by atoms with E-state index in [1.54, 1.807) is 13.3 Å². The molecule has 0 bridgehead atoms. The molecule has 3 heterocycles.